The molecule has 0 spiro atoms. The van der Waals surface area contributed by atoms with Crippen molar-refractivity contribution in [2.75, 3.05) is 13.2 Å². The molecule has 1 heterocycles. The molecule has 0 amide bonds. The molecule has 0 bridgehead atoms. The highest BCUT2D eigenvalue weighted by molar-refractivity contribution is 6.76. The molecule has 0 aliphatic rings. The number of rotatable bonds is 8. The van der Waals surface area contributed by atoms with E-state index in [1.54, 1.807) is 0 Å². The Morgan fingerprint density at radius 3 is 2.48 bits per heavy atom. The van der Waals surface area contributed by atoms with Crippen LogP contribution < -0.4 is 0 Å². The van der Waals surface area contributed by atoms with Crippen LogP contribution in [0.3, 0.4) is 0 Å². The summed E-state index contributed by atoms with van der Waals surface area (Å²) in [6.45, 7) is 10.4. The number of imidazole rings is 1. The van der Waals surface area contributed by atoms with E-state index in [0.717, 1.165) is 35.4 Å². The SMILES string of the molecule is Cc1nc(-c2ccccc2)n(COCC[Si](C)(C)C)c1CCO. The van der Waals surface area contributed by atoms with Crippen LogP contribution in [0.2, 0.25) is 25.7 Å². The molecule has 0 radical (unpaired) electrons. The number of benzene rings is 1. The fourth-order valence-electron chi connectivity index (χ4n) is 2.51. The highest BCUT2D eigenvalue weighted by Crippen LogP contribution is 2.23. The monoisotopic (exact) mass is 332 g/mol. The maximum absolute atomic E-state index is 9.35. The molecule has 23 heavy (non-hydrogen) atoms. The van der Waals surface area contributed by atoms with Gasteiger partial charge in [0.05, 0.1) is 5.69 Å². The van der Waals surface area contributed by atoms with Gasteiger partial charge in [-0.05, 0) is 13.0 Å². The minimum absolute atomic E-state index is 0.121. The maximum Gasteiger partial charge on any atom is 0.142 e. The lowest BCUT2D eigenvalue weighted by atomic mass is 10.2. The van der Waals surface area contributed by atoms with Crippen molar-refractivity contribution in [3.8, 4) is 11.4 Å². The summed E-state index contributed by atoms with van der Waals surface area (Å²) in [5.41, 5.74) is 3.10. The second-order valence-electron chi connectivity index (χ2n) is 7.08. The molecule has 4 nitrogen and oxygen atoms in total. The van der Waals surface area contributed by atoms with Gasteiger partial charge in [0.25, 0.3) is 0 Å². The smallest absolute Gasteiger partial charge is 0.142 e. The number of aromatic nitrogens is 2. The van der Waals surface area contributed by atoms with Crippen LogP contribution in [0.5, 0.6) is 0 Å². The molecule has 0 aliphatic carbocycles. The van der Waals surface area contributed by atoms with Crippen molar-refractivity contribution in [2.24, 2.45) is 0 Å². The van der Waals surface area contributed by atoms with E-state index in [2.05, 4.69) is 36.3 Å². The zero-order valence-electron chi connectivity index (χ0n) is 14.7. The molecule has 0 aliphatic heterocycles. The Kier molecular flexibility index (Phi) is 6.15. The number of aliphatic hydroxyl groups excluding tert-OH is 1. The van der Waals surface area contributed by atoms with Crippen LogP contribution in [-0.2, 0) is 17.9 Å². The van der Waals surface area contributed by atoms with Crippen molar-refractivity contribution in [2.45, 2.75) is 45.8 Å². The molecule has 2 aromatic rings. The lowest BCUT2D eigenvalue weighted by molar-refractivity contribution is 0.0859. The van der Waals surface area contributed by atoms with E-state index < -0.39 is 8.07 Å². The van der Waals surface area contributed by atoms with E-state index >= 15 is 0 Å². The summed E-state index contributed by atoms with van der Waals surface area (Å²) in [5, 5.41) is 9.35. The number of nitrogens with zero attached hydrogens (tertiary/aromatic N) is 2. The first-order valence-electron chi connectivity index (χ1n) is 8.22. The van der Waals surface area contributed by atoms with Crippen LogP contribution in [0.15, 0.2) is 30.3 Å². The molecule has 0 unspecified atom stereocenters. The van der Waals surface area contributed by atoms with Crippen molar-refractivity contribution in [3.63, 3.8) is 0 Å². The van der Waals surface area contributed by atoms with Crippen LogP contribution in [0.25, 0.3) is 11.4 Å². The number of aliphatic hydroxyl groups is 1. The Balaban J connectivity index is 2.21. The zero-order chi connectivity index (χ0) is 16.9. The van der Waals surface area contributed by atoms with E-state index in [1.807, 2.05) is 25.1 Å². The maximum atomic E-state index is 9.35. The molecule has 1 N–H and O–H groups in total. The largest absolute Gasteiger partial charge is 0.396 e. The highest BCUT2D eigenvalue weighted by atomic mass is 28.3. The Morgan fingerprint density at radius 1 is 1.17 bits per heavy atom. The van der Waals surface area contributed by atoms with Gasteiger partial charge < -0.3 is 14.4 Å². The molecule has 2 rings (SSSR count). The molecule has 0 saturated carbocycles. The van der Waals surface area contributed by atoms with Crippen LogP contribution in [0, 0.1) is 6.92 Å². The fourth-order valence-corrected chi connectivity index (χ4v) is 3.27. The van der Waals surface area contributed by atoms with E-state index in [9.17, 15) is 5.11 Å². The van der Waals surface area contributed by atoms with Crippen molar-refractivity contribution in [1.29, 1.82) is 0 Å². The van der Waals surface area contributed by atoms with Gasteiger partial charge >= 0.3 is 0 Å². The Morgan fingerprint density at radius 2 is 1.87 bits per heavy atom. The zero-order valence-corrected chi connectivity index (χ0v) is 15.7. The minimum Gasteiger partial charge on any atom is -0.396 e. The van der Waals surface area contributed by atoms with Gasteiger partial charge in [-0.2, -0.15) is 0 Å². The van der Waals surface area contributed by atoms with Crippen molar-refractivity contribution in [3.05, 3.63) is 41.7 Å². The quantitative estimate of drug-likeness (QED) is 0.592. The molecule has 1 aromatic heterocycles. The van der Waals surface area contributed by atoms with Crippen molar-refractivity contribution >= 4 is 8.07 Å². The molecule has 0 atom stereocenters. The van der Waals surface area contributed by atoms with E-state index in [-0.39, 0.29) is 6.61 Å². The first kappa shape index (κ1) is 17.9. The highest BCUT2D eigenvalue weighted by Gasteiger charge is 2.16. The van der Waals surface area contributed by atoms with E-state index in [4.69, 9.17) is 9.72 Å². The standard InChI is InChI=1S/C18H28N2O2Si/c1-15-17(10-11-21)20(14-22-12-13-23(2,3)4)18(19-15)16-8-6-5-7-9-16/h5-9,21H,10-14H2,1-4H3. The van der Waals surface area contributed by atoms with Gasteiger partial charge in [-0.1, -0.05) is 50.0 Å². The second kappa shape index (κ2) is 7.90. The first-order chi connectivity index (χ1) is 10.9. The lowest BCUT2D eigenvalue weighted by Crippen LogP contribution is -2.22. The molecule has 5 heteroatoms. The molecule has 126 valence electrons. The van der Waals surface area contributed by atoms with Gasteiger partial charge in [-0.15, -0.1) is 0 Å². The van der Waals surface area contributed by atoms with Crippen LogP contribution in [-0.4, -0.2) is 35.9 Å². The second-order valence-corrected chi connectivity index (χ2v) is 12.7. The van der Waals surface area contributed by atoms with Crippen LogP contribution in [0.1, 0.15) is 11.4 Å². The predicted molar refractivity (Wildman–Crippen MR) is 97.3 cm³/mol. The number of aryl methyl sites for hydroxylation is 1. The molecule has 1 aromatic carbocycles. The van der Waals surface area contributed by atoms with Gasteiger partial charge in [-0.3, -0.25) is 0 Å². The van der Waals surface area contributed by atoms with Gasteiger partial charge in [0, 0.05) is 39.0 Å². The molecular weight excluding hydrogens is 304 g/mol. The summed E-state index contributed by atoms with van der Waals surface area (Å²) in [6.07, 6.45) is 0.600. The normalized spacial score (nSPS) is 11.9. The van der Waals surface area contributed by atoms with Gasteiger partial charge in [-0.25, -0.2) is 4.98 Å². The average Bonchev–Trinajstić information content (AvgIpc) is 2.81. The first-order valence-corrected chi connectivity index (χ1v) is 11.9. The van der Waals surface area contributed by atoms with Crippen molar-refractivity contribution in [1.82, 2.24) is 9.55 Å². The lowest BCUT2D eigenvalue weighted by Gasteiger charge is -2.17. The molecule has 0 fully saturated rings. The van der Waals surface area contributed by atoms with Gasteiger partial charge in [0.15, 0.2) is 0 Å². The molecule has 0 saturated heterocycles. The topological polar surface area (TPSA) is 47.3 Å². The third-order valence-corrected chi connectivity index (χ3v) is 5.57. The Labute approximate surface area is 140 Å². The van der Waals surface area contributed by atoms with Crippen LogP contribution in [0.4, 0.5) is 0 Å². The van der Waals surface area contributed by atoms with E-state index in [1.165, 1.54) is 0 Å². The predicted octanol–water partition coefficient (Wildman–Crippen LogP) is 3.71. The Bertz CT molecular complexity index is 618. The summed E-state index contributed by atoms with van der Waals surface area (Å²) < 4.78 is 8.04. The third kappa shape index (κ3) is 5.02. The number of ether oxygens (including phenoxy) is 1. The third-order valence-electron chi connectivity index (χ3n) is 3.87. The summed E-state index contributed by atoms with van der Waals surface area (Å²) in [6, 6.07) is 11.3. The Hall–Kier alpha value is -1.43. The fraction of sp³-hybridized carbons (Fsp3) is 0.500. The summed E-state index contributed by atoms with van der Waals surface area (Å²) in [7, 11) is -1.09. The van der Waals surface area contributed by atoms with Gasteiger partial charge in [0.2, 0.25) is 0 Å². The van der Waals surface area contributed by atoms with Gasteiger partial charge in [0.1, 0.15) is 12.6 Å². The summed E-state index contributed by atoms with van der Waals surface area (Å²) in [5.74, 6) is 0.916. The van der Waals surface area contributed by atoms with E-state index in [0.29, 0.717) is 13.2 Å². The average molecular weight is 333 g/mol. The van der Waals surface area contributed by atoms with Crippen molar-refractivity contribution < 1.29 is 9.84 Å². The summed E-state index contributed by atoms with van der Waals surface area (Å²) in [4.78, 5) is 4.71. The minimum atomic E-state index is -1.09. The number of hydrogen-bond donors (Lipinski definition) is 1. The summed E-state index contributed by atoms with van der Waals surface area (Å²) >= 11 is 0. The molecular formula is C18H28N2O2Si. The van der Waals surface area contributed by atoms with Crippen LogP contribution >= 0.6 is 0 Å². The number of hydrogen-bond acceptors (Lipinski definition) is 3.